The molecular formula is C20H30N2O3. The van der Waals surface area contributed by atoms with Crippen LogP contribution in [0.4, 0.5) is 4.79 Å². The summed E-state index contributed by atoms with van der Waals surface area (Å²) in [6.45, 7) is 8.85. The third-order valence-electron chi connectivity index (χ3n) is 4.98. The van der Waals surface area contributed by atoms with E-state index in [2.05, 4.69) is 24.1 Å². The number of benzene rings is 1. The maximum Gasteiger partial charge on any atom is 0.410 e. The van der Waals surface area contributed by atoms with Crippen LogP contribution in [-0.4, -0.2) is 54.3 Å². The maximum atomic E-state index is 12.3. The van der Waals surface area contributed by atoms with Gasteiger partial charge < -0.3 is 19.3 Å². The SMILES string of the molecule is CN1CCC[C@H]1COc1cccc2c1CCN(C(=O)OC(C)(C)C)C2. The summed E-state index contributed by atoms with van der Waals surface area (Å²) in [5, 5.41) is 0. The molecule has 1 amide bonds. The van der Waals surface area contributed by atoms with Gasteiger partial charge in [0.1, 0.15) is 18.0 Å². The average Bonchev–Trinajstić information content (AvgIpc) is 2.96. The molecule has 0 bridgehead atoms. The first kappa shape index (κ1) is 18.1. The van der Waals surface area contributed by atoms with E-state index in [4.69, 9.17) is 9.47 Å². The first-order chi connectivity index (χ1) is 11.8. The molecule has 3 rings (SSSR count). The molecule has 2 aliphatic heterocycles. The van der Waals surface area contributed by atoms with Crippen LogP contribution in [-0.2, 0) is 17.7 Å². The van der Waals surface area contributed by atoms with Gasteiger partial charge in [-0.2, -0.15) is 0 Å². The molecule has 5 nitrogen and oxygen atoms in total. The summed E-state index contributed by atoms with van der Waals surface area (Å²) >= 11 is 0. The largest absolute Gasteiger partial charge is 0.492 e. The summed E-state index contributed by atoms with van der Waals surface area (Å²) in [6, 6.07) is 6.67. The molecule has 25 heavy (non-hydrogen) atoms. The van der Waals surface area contributed by atoms with Gasteiger partial charge in [-0.05, 0) is 65.3 Å². The Kier molecular flexibility index (Phi) is 5.23. The second kappa shape index (κ2) is 7.24. The molecule has 1 fully saturated rings. The predicted molar refractivity (Wildman–Crippen MR) is 97.9 cm³/mol. The van der Waals surface area contributed by atoms with Gasteiger partial charge in [0, 0.05) is 24.7 Å². The number of carbonyl (C=O) groups excluding carboxylic acids is 1. The van der Waals surface area contributed by atoms with Gasteiger partial charge in [0.05, 0.1) is 0 Å². The van der Waals surface area contributed by atoms with Crippen LogP contribution in [0.5, 0.6) is 5.75 Å². The Balaban J connectivity index is 1.65. The zero-order valence-electron chi connectivity index (χ0n) is 15.9. The third kappa shape index (κ3) is 4.46. The number of hydrogen-bond acceptors (Lipinski definition) is 4. The number of amides is 1. The molecule has 1 aromatic carbocycles. The monoisotopic (exact) mass is 346 g/mol. The summed E-state index contributed by atoms with van der Waals surface area (Å²) in [5.74, 6) is 0.974. The van der Waals surface area contributed by atoms with E-state index in [1.165, 1.54) is 18.4 Å². The van der Waals surface area contributed by atoms with E-state index in [1.807, 2.05) is 26.8 Å². The number of likely N-dealkylation sites (tertiary alicyclic amines) is 1. The van der Waals surface area contributed by atoms with E-state index in [0.29, 0.717) is 19.1 Å². The molecule has 0 spiro atoms. The Morgan fingerprint density at radius 1 is 1.28 bits per heavy atom. The summed E-state index contributed by atoms with van der Waals surface area (Å²) in [7, 11) is 2.17. The number of carbonyl (C=O) groups is 1. The highest BCUT2D eigenvalue weighted by Crippen LogP contribution is 2.29. The fraction of sp³-hybridized carbons (Fsp3) is 0.650. The second-order valence-corrected chi connectivity index (χ2v) is 8.13. The van der Waals surface area contributed by atoms with Crippen LogP contribution in [0.15, 0.2) is 18.2 Å². The summed E-state index contributed by atoms with van der Waals surface area (Å²) < 4.78 is 11.7. The van der Waals surface area contributed by atoms with Crippen molar-refractivity contribution in [1.82, 2.24) is 9.80 Å². The number of fused-ring (bicyclic) bond motifs is 1. The fourth-order valence-corrected chi connectivity index (χ4v) is 3.57. The molecule has 0 aliphatic carbocycles. The maximum absolute atomic E-state index is 12.3. The second-order valence-electron chi connectivity index (χ2n) is 8.13. The predicted octanol–water partition coefficient (Wildman–Crippen LogP) is 3.45. The Bertz CT molecular complexity index is 624. The number of hydrogen-bond donors (Lipinski definition) is 0. The van der Waals surface area contributed by atoms with Gasteiger partial charge in [-0.3, -0.25) is 0 Å². The Morgan fingerprint density at radius 2 is 2.08 bits per heavy atom. The standard InChI is InChI=1S/C20H30N2O3/c1-20(2,3)25-19(23)22-12-10-17-15(13-22)7-5-9-18(17)24-14-16-8-6-11-21(16)4/h5,7,9,16H,6,8,10-14H2,1-4H3/t16-/m0/s1. The minimum Gasteiger partial charge on any atom is -0.492 e. The Hall–Kier alpha value is -1.75. The van der Waals surface area contributed by atoms with Crippen molar-refractivity contribution in [1.29, 1.82) is 0 Å². The molecule has 0 unspecified atom stereocenters. The molecule has 1 atom stereocenters. The van der Waals surface area contributed by atoms with Gasteiger partial charge >= 0.3 is 6.09 Å². The number of likely N-dealkylation sites (N-methyl/N-ethyl adjacent to an activating group) is 1. The third-order valence-corrected chi connectivity index (χ3v) is 4.98. The van der Waals surface area contributed by atoms with Crippen molar-refractivity contribution in [3.8, 4) is 5.75 Å². The molecular weight excluding hydrogens is 316 g/mol. The first-order valence-electron chi connectivity index (χ1n) is 9.25. The highest BCUT2D eigenvalue weighted by Gasteiger charge is 2.27. The minimum absolute atomic E-state index is 0.239. The smallest absolute Gasteiger partial charge is 0.410 e. The van der Waals surface area contributed by atoms with Gasteiger partial charge in [-0.1, -0.05) is 12.1 Å². The van der Waals surface area contributed by atoms with E-state index in [0.717, 1.165) is 30.9 Å². The minimum atomic E-state index is -0.463. The van der Waals surface area contributed by atoms with Crippen LogP contribution in [0.3, 0.4) is 0 Å². The van der Waals surface area contributed by atoms with Gasteiger partial charge in [-0.15, -0.1) is 0 Å². The van der Waals surface area contributed by atoms with Crippen molar-refractivity contribution < 1.29 is 14.3 Å². The molecule has 1 saturated heterocycles. The van der Waals surface area contributed by atoms with Crippen LogP contribution in [0.2, 0.25) is 0 Å². The molecule has 2 aliphatic rings. The normalized spacial score (nSPS) is 21.1. The van der Waals surface area contributed by atoms with Crippen LogP contribution in [0.1, 0.15) is 44.7 Å². The van der Waals surface area contributed by atoms with Crippen LogP contribution < -0.4 is 4.74 Å². The number of ether oxygens (including phenoxy) is 2. The van der Waals surface area contributed by atoms with Crippen molar-refractivity contribution in [2.75, 3.05) is 26.7 Å². The van der Waals surface area contributed by atoms with E-state index in [1.54, 1.807) is 4.90 Å². The van der Waals surface area contributed by atoms with Crippen molar-refractivity contribution in [2.24, 2.45) is 0 Å². The lowest BCUT2D eigenvalue weighted by atomic mass is 9.99. The number of rotatable bonds is 3. The average molecular weight is 346 g/mol. The summed E-state index contributed by atoms with van der Waals surface area (Å²) in [5.41, 5.74) is 1.94. The van der Waals surface area contributed by atoms with E-state index in [-0.39, 0.29) is 6.09 Å². The van der Waals surface area contributed by atoms with Gasteiger partial charge in [-0.25, -0.2) is 4.79 Å². The quantitative estimate of drug-likeness (QED) is 0.841. The molecule has 2 heterocycles. The Morgan fingerprint density at radius 3 is 2.76 bits per heavy atom. The highest BCUT2D eigenvalue weighted by molar-refractivity contribution is 5.69. The molecule has 0 N–H and O–H groups in total. The topological polar surface area (TPSA) is 42.0 Å². The zero-order chi connectivity index (χ0) is 18.0. The van der Waals surface area contributed by atoms with Crippen molar-refractivity contribution in [3.05, 3.63) is 29.3 Å². The van der Waals surface area contributed by atoms with Gasteiger partial charge in [0.25, 0.3) is 0 Å². The lowest BCUT2D eigenvalue weighted by Crippen LogP contribution is -2.40. The molecule has 1 aromatic rings. The van der Waals surface area contributed by atoms with Crippen molar-refractivity contribution in [2.45, 2.75) is 58.2 Å². The van der Waals surface area contributed by atoms with Crippen molar-refractivity contribution in [3.63, 3.8) is 0 Å². The van der Waals surface area contributed by atoms with Gasteiger partial charge in [0.2, 0.25) is 0 Å². The summed E-state index contributed by atoms with van der Waals surface area (Å²) in [6.07, 6.45) is 3.03. The van der Waals surface area contributed by atoms with E-state index < -0.39 is 5.60 Å². The highest BCUT2D eigenvalue weighted by atomic mass is 16.6. The van der Waals surface area contributed by atoms with Crippen LogP contribution >= 0.6 is 0 Å². The molecule has 0 saturated carbocycles. The van der Waals surface area contributed by atoms with Crippen molar-refractivity contribution >= 4 is 6.09 Å². The Labute approximate surface area is 150 Å². The van der Waals surface area contributed by atoms with Crippen LogP contribution in [0.25, 0.3) is 0 Å². The fourth-order valence-electron chi connectivity index (χ4n) is 3.57. The zero-order valence-corrected chi connectivity index (χ0v) is 15.9. The van der Waals surface area contributed by atoms with Gasteiger partial charge in [0.15, 0.2) is 0 Å². The molecule has 0 aromatic heterocycles. The lowest BCUT2D eigenvalue weighted by Gasteiger charge is -2.32. The first-order valence-corrected chi connectivity index (χ1v) is 9.25. The number of nitrogens with zero attached hydrogens (tertiary/aromatic N) is 2. The molecule has 0 radical (unpaired) electrons. The van der Waals surface area contributed by atoms with E-state index >= 15 is 0 Å². The summed E-state index contributed by atoms with van der Waals surface area (Å²) in [4.78, 5) is 16.5. The lowest BCUT2D eigenvalue weighted by molar-refractivity contribution is 0.0223. The molecule has 138 valence electrons. The van der Waals surface area contributed by atoms with Crippen LogP contribution in [0, 0.1) is 0 Å². The molecule has 5 heteroatoms. The van der Waals surface area contributed by atoms with E-state index in [9.17, 15) is 4.79 Å².